The van der Waals surface area contributed by atoms with Crippen molar-refractivity contribution >= 4 is 32.5 Å². The van der Waals surface area contributed by atoms with Gasteiger partial charge < -0.3 is 0 Å². The van der Waals surface area contributed by atoms with E-state index in [2.05, 4.69) is 63.1 Å². The molecular weight excluding hydrogens is 291 g/mol. The van der Waals surface area contributed by atoms with E-state index >= 15 is 0 Å². The van der Waals surface area contributed by atoms with Gasteiger partial charge in [0.15, 0.2) is 0 Å². The van der Waals surface area contributed by atoms with Crippen LogP contribution in [-0.2, 0) is 0 Å². The fourth-order valence-electron chi connectivity index (χ4n) is 1.46. The van der Waals surface area contributed by atoms with Crippen LogP contribution in [0, 0.1) is 0 Å². The first-order valence-electron chi connectivity index (χ1n) is 5.96. The molecule has 0 fully saturated rings. The van der Waals surface area contributed by atoms with Crippen molar-refractivity contribution in [3.05, 3.63) is 29.2 Å². The quantitative estimate of drug-likeness (QED) is 0.752. The third-order valence-electron chi connectivity index (χ3n) is 3.60. The second kappa shape index (κ2) is 4.31. The molecule has 0 amide bonds. The molecule has 0 radical (unpaired) electrons. The standard InChI is InChI=1S/C14H20OSeSi/c1-14(2,3)17(4,5)15-12-6-7-13-11(10-12)8-9-16-13/h6-10H,1-5H3. The Morgan fingerprint density at radius 1 is 1.12 bits per heavy atom. The van der Waals surface area contributed by atoms with Crippen LogP contribution in [0.3, 0.4) is 0 Å². The van der Waals surface area contributed by atoms with Gasteiger partial charge in [0.05, 0.1) is 0 Å². The summed E-state index contributed by atoms with van der Waals surface area (Å²) < 4.78 is 7.78. The Morgan fingerprint density at radius 2 is 1.82 bits per heavy atom. The van der Waals surface area contributed by atoms with E-state index in [1.807, 2.05) is 0 Å². The summed E-state index contributed by atoms with van der Waals surface area (Å²) in [6.45, 7) is 11.4. The molecule has 1 nitrogen and oxygen atoms in total. The Bertz CT molecular complexity index is 522. The Balaban J connectivity index is 2.29. The van der Waals surface area contributed by atoms with E-state index in [-0.39, 0.29) is 5.04 Å². The minimum atomic E-state index is -1.70. The first-order valence-corrected chi connectivity index (χ1v) is 10.7. The Morgan fingerprint density at radius 3 is 2.47 bits per heavy atom. The molecule has 1 aromatic carbocycles. The van der Waals surface area contributed by atoms with Gasteiger partial charge in [0, 0.05) is 0 Å². The molecular formula is C14H20OSeSi. The van der Waals surface area contributed by atoms with E-state index in [4.69, 9.17) is 4.43 Å². The van der Waals surface area contributed by atoms with Crippen LogP contribution in [0.5, 0.6) is 5.75 Å². The zero-order chi connectivity index (χ0) is 12.7. The first-order chi connectivity index (χ1) is 7.79. The molecule has 0 saturated carbocycles. The second-order valence-corrected chi connectivity index (χ2v) is 12.7. The van der Waals surface area contributed by atoms with E-state index in [1.165, 1.54) is 9.65 Å². The molecule has 0 unspecified atom stereocenters. The molecule has 0 bridgehead atoms. The third kappa shape index (κ3) is 2.67. The van der Waals surface area contributed by atoms with Gasteiger partial charge in [0.1, 0.15) is 0 Å². The third-order valence-corrected chi connectivity index (χ3v) is 9.85. The molecule has 92 valence electrons. The van der Waals surface area contributed by atoms with E-state index < -0.39 is 8.32 Å². The van der Waals surface area contributed by atoms with Crippen LogP contribution in [0.25, 0.3) is 9.65 Å². The molecule has 3 heteroatoms. The van der Waals surface area contributed by atoms with Crippen LogP contribution in [-0.4, -0.2) is 22.8 Å². The molecule has 1 heterocycles. The van der Waals surface area contributed by atoms with Gasteiger partial charge in [-0.1, -0.05) is 0 Å². The number of benzene rings is 1. The normalized spacial score (nSPS) is 13.0. The predicted molar refractivity (Wildman–Crippen MR) is 78.7 cm³/mol. The van der Waals surface area contributed by atoms with Crippen molar-refractivity contribution in [1.82, 2.24) is 0 Å². The number of hydrogen-bond acceptors (Lipinski definition) is 1. The SMILES string of the molecule is CC(C)(C)[Si](C)(C)Oc1ccc2[se]ccc2c1. The maximum absolute atomic E-state index is 6.30. The van der Waals surface area contributed by atoms with Crippen molar-refractivity contribution in [2.24, 2.45) is 0 Å². The van der Waals surface area contributed by atoms with E-state index in [1.54, 1.807) is 0 Å². The van der Waals surface area contributed by atoms with Gasteiger partial charge in [-0.3, -0.25) is 0 Å². The van der Waals surface area contributed by atoms with Gasteiger partial charge in [0.2, 0.25) is 0 Å². The average Bonchev–Trinajstić information content (AvgIpc) is 2.62. The molecule has 0 aliphatic rings. The molecule has 1 aromatic heterocycles. The second-order valence-electron chi connectivity index (χ2n) is 5.98. The zero-order valence-corrected chi connectivity index (χ0v) is 13.9. The van der Waals surface area contributed by atoms with Crippen molar-refractivity contribution in [2.75, 3.05) is 0 Å². The van der Waals surface area contributed by atoms with Crippen LogP contribution in [0.4, 0.5) is 0 Å². The molecule has 0 aliphatic heterocycles. The van der Waals surface area contributed by atoms with Crippen LogP contribution in [0.1, 0.15) is 20.8 Å². The van der Waals surface area contributed by atoms with Crippen molar-refractivity contribution in [3.8, 4) is 5.75 Å². The van der Waals surface area contributed by atoms with Gasteiger partial charge in [-0.05, 0) is 0 Å². The van der Waals surface area contributed by atoms with Gasteiger partial charge in [-0.15, -0.1) is 0 Å². The van der Waals surface area contributed by atoms with Crippen LogP contribution < -0.4 is 4.43 Å². The monoisotopic (exact) mass is 312 g/mol. The summed E-state index contributed by atoms with van der Waals surface area (Å²) in [6, 6.07) is 8.76. The first kappa shape index (κ1) is 12.9. The van der Waals surface area contributed by atoms with Crippen molar-refractivity contribution in [1.29, 1.82) is 0 Å². The van der Waals surface area contributed by atoms with E-state index in [0.717, 1.165) is 5.75 Å². The van der Waals surface area contributed by atoms with E-state index in [9.17, 15) is 0 Å². The average molecular weight is 311 g/mol. The van der Waals surface area contributed by atoms with Gasteiger partial charge in [0.25, 0.3) is 0 Å². The molecule has 2 aromatic rings. The summed E-state index contributed by atoms with van der Waals surface area (Å²) in [5.74, 6) is 1.04. The fourth-order valence-corrected chi connectivity index (χ4v) is 4.10. The summed E-state index contributed by atoms with van der Waals surface area (Å²) in [5.41, 5.74) is 0. The number of hydrogen-bond donors (Lipinski definition) is 0. The van der Waals surface area contributed by atoms with Crippen LogP contribution >= 0.6 is 0 Å². The number of rotatable bonds is 2. The van der Waals surface area contributed by atoms with Crippen molar-refractivity contribution < 1.29 is 4.43 Å². The Hall–Kier alpha value is -0.504. The predicted octanol–water partition coefficient (Wildman–Crippen LogP) is 4.28. The minimum absolute atomic E-state index is 0.256. The molecule has 2 rings (SSSR count). The summed E-state index contributed by atoms with van der Waals surface area (Å²) in [4.78, 5) is 2.27. The van der Waals surface area contributed by atoms with Crippen LogP contribution in [0.15, 0.2) is 29.2 Å². The molecule has 0 N–H and O–H groups in total. The summed E-state index contributed by atoms with van der Waals surface area (Å²) >= 11 is 0.533. The Kier molecular flexibility index (Phi) is 3.28. The molecule has 0 spiro atoms. The molecule has 0 aliphatic carbocycles. The van der Waals surface area contributed by atoms with Crippen molar-refractivity contribution in [2.45, 2.75) is 38.9 Å². The van der Waals surface area contributed by atoms with E-state index in [0.29, 0.717) is 14.5 Å². The van der Waals surface area contributed by atoms with Gasteiger partial charge >= 0.3 is 111 Å². The summed E-state index contributed by atoms with van der Waals surface area (Å²) in [5, 5.41) is 1.60. The maximum atomic E-state index is 6.30. The zero-order valence-electron chi connectivity index (χ0n) is 11.2. The van der Waals surface area contributed by atoms with Gasteiger partial charge in [-0.25, -0.2) is 0 Å². The van der Waals surface area contributed by atoms with Crippen molar-refractivity contribution in [3.63, 3.8) is 0 Å². The fraction of sp³-hybridized carbons (Fsp3) is 0.429. The topological polar surface area (TPSA) is 9.23 Å². The molecule has 0 atom stereocenters. The molecule has 17 heavy (non-hydrogen) atoms. The summed E-state index contributed by atoms with van der Waals surface area (Å²) in [6.07, 6.45) is 0. The molecule has 0 saturated heterocycles. The van der Waals surface area contributed by atoms with Crippen LogP contribution in [0.2, 0.25) is 18.1 Å². The number of fused-ring (bicyclic) bond motifs is 1. The summed E-state index contributed by atoms with van der Waals surface area (Å²) in [7, 11) is -1.70. The van der Waals surface area contributed by atoms with Gasteiger partial charge in [-0.2, -0.15) is 0 Å². The Labute approximate surface area is 111 Å².